The van der Waals surface area contributed by atoms with Crippen molar-refractivity contribution in [3.8, 4) is 0 Å². The van der Waals surface area contributed by atoms with Crippen LogP contribution in [0.25, 0.3) is 0 Å². The molecule has 1 aromatic carbocycles. The van der Waals surface area contributed by atoms with Crippen molar-refractivity contribution < 1.29 is 9.53 Å². The largest absolute Gasteiger partial charge is 0.444 e. The number of carbonyl (C=O) groups excluding carboxylic acids is 1. The van der Waals surface area contributed by atoms with Gasteiger partial charge in [-0.1, -0.05) is 24.3 Å². The van der Waals surface area contributed by atoms with Crippen molar-refractivity contribution in [2.75, 3.05) is 6.54 Å². The number of nitrogens with one attached hydrogen (secondary N) is 2. The van der Waals surface area contributed by atoms with Gasteiger partial charge in [-0.05, 0) is 45.7 Å². The van der Waals surface area contributed by atoms with Gasteiger partial charge >= 0.3 is 6.09 Å². The summed E-state index contributed by atoms with van der Waals surface area (Å²) in [5, 5.41) is 6.15. The van der Waals surface area contributed by atoms with E-state index in [4.69, 9.17) is 4.74 Å². The quantitative estimate of drug-likeness (QED) is 0.870. The Morgan fingerprint density at radius 1 is 1.30 bits per heavy atom. The number of hydrogen-bond donors (Lipinski definition) is 2. The second-order valence-electron chi connectivity index (χ2n) is 6.10. The zero-order valence-electron chi connectivity index (χ0n) is 13.1. The zero-order valence-corrected chi connectivity index (χ0v) is 13.1. The molecule has 112 valence electrons. The summed E-state index contributed by atoms with van der Waals surface area (Å²) in [7, 11) is 0. The van der Waals surface area contributed by atoms with Gasteiger partial charge in [0.05, 0.1) is 0 Å². The van der Waals surface area contributed by atoms with Gasteiger partial charge in [-0.15, -0.1) is 0 Å². The third-order valence-electron chi connectivity index (χ3n) is 2.79. The Bertz CT molecular complexity index is 438. The Balaban J connectivity index is 2.28. The maximum absolute atomic E-state index is 11.6. The zero-order chi connectivity index (χ0) is 15.2. The lowest BCUT2D eigenvalue weighted by molar-refractivity contribution is 0.0508. The summed E-state index contributed by atoms with van der Waals surface area (Å²) >= 11 is 0. The normalized spacial score (nSPS) is 12.8. The van der Waals surface area contributed by atoms with Gasteiger partial charge in [0.15, 0.2) is 0 Å². The number of aryl methyl sites for hydroxylation is 1. The summed E-state index contributed by atoms with van der Waals surface area (Å²) in [5.74, 6) is 0. The summed E-state index contributed by atoms with van der Waals surface area (Å²) in [5.41, 5.74) is 2.09. The molecule has 0 saturated carbocycles. The van der Waals surface area contributed by atoms with Gasteiger partial charge in [-0.3, -0.25) is 0 Å². The first-order chi connectivity index (χ1) is 9.28. The average Bonchev–Trinajstić information content (AvgIpc) is 2.28. The van der Waals surface area contributed by atoms with Crippen LogP contribution in [0, 0.1) is 6.92 Å². The molecule has 4 nitrogen and oxygen atoms in total. The lowest BCUT2D eigenvalue weighted by atomic mass is 10.1. The van der Waals surface area contributed by atoms with Crippen LogP contribution in [-0.2, 0) is 11.3 Å². The molecule has 0 aromatic heterocycles. The van der Waals surface area contributed by atoms with Crippen LogP contribution in [0.15, 0.2) is 24.3 Å². The summed E-state index contributed by atoms with van der Waals surface area (Å²) in [6.45, 7) is 11.1. The summed E-state index contributed by atoms with van der Waals surface area (Å²) in [6, 6.07) is 8.29. The van der Waals surface area contributed by atoms with E-state index in [1.807, 2.05) is 39.8 Å². The number of amides is 1. The first-order valence-electron chi connectivity index (χ1n) is 7.02. The summed E-state index contributed by atoms with van der Waals surface area (Å²) < 4.78 is 5.21. The molecule has 4 heteroatoms. The van der Waals surface area contributed by atoms with Crippen LogP contribution < -0.4 is 10.6 Å². The Hall–Kier alpha value is -1.55. The highest BCUT2D eigenvalue weighted by Gasteiger charge is 2.17. The van der Waals surface area contributed by atoms with Crippen LogP contribution in [0.1, 0.15) is 38.8 Å². The predicted molar refractivity (Wildman–Crippen MR) is 81.7 cm³/mol. The van der Waals surface area contributed by atoms with Gasteiger partial charge in [0, 0.05) is 19.1 Å². The van der Waals surface area contributed by atoms with Gasteiger partial charge in [0.2, 0.25) is 0 Å². The van der Waals surface area contributed by atoms with Crippen molar-refractivity contribution in [3.63, 3.8) is 0 Å². The Labute approximate surface area is 121 Å². The first-order valence-corrected chi connectivity index (χ1v) is 7.02. The van der Waals surface area contributed by atoms with E-state index >= 15 is 0 Å². The van der Waals surface area contributed by atoms with Gasteiger partial charge in [0.25, 0.3) is 0 Å². The third-order valence-corrected chi connectivity index (χ3v) is 2.79. The number of ether oxygens (including phenoxy) is 1. The molecule has 0 heterocycles. The predicted octanol–water partition coefficient (Wildman–Crippen LogP) is 3.00. The minimum Gasteiger partial charge on any atom is -0.444 e. The molecule has 2 N–H and O–H groups in total. The second kappa shape index (κ2) is 7.29. The van der Waals surface area contributed by atoms with Crippen molar-refractivity contribution in [2.45, 2.75) is 52.8 Å². The number of carbonyl (C=O) groups is 1. The number of benzene rings is 1. The van der Waals surface area contributed by atoms with Gasteiger partial charge < -0.3 is 15.4 Å². The van der Waals surface area contributed by atoms with E-state index < -0.39 is 5.60 Å². The lowest BCUT2D eigenvalue weighted by Crippen LogP contribution is -2.42. The molecule has 1 aromatic rings. The maximum Gasteiger partial charge on any atom is 0.407 e. The molecule has 0 bridgehead atoms. The monoisotopic (exact) mass is 278 g/mol. The SMILES string of the molecule is Cc1ccccc1CNCC(C)NC(=O)OC(C)(C)C. The molecule has 0 aliphatic heterocycles. The number of alkyl carbamates (subject to hydrolysis) is 1. The van der Waals surface area contributed by atoms with E-state index in [9.17, 15) is 4.79 Å². The fraction of sp³-hybridized carbons (Fsp3) is 0.562. The van der Waals surface area contributed by atoms with Gasteiger partial charge in [-0.2, -0.15) is 0 Å². The van der Waals surface area contributed by atoms with Crippen molar-refractivity contribution in [2.24, 2.45) is 0 Å². The topological polar surface area (TPSA) is 50.4 Å². The molecule has 20 heavy (non-hydrogen) atoms. The van der Waals surface area contributed by atoms with Crippen molar-refractivity contribution >= 4 is 6.09 Å². The lowest BCUT2D eigenvalue weighted by Gasteiger charge is -2.22. The van der Waals surface area contributed by atoms with E-state index in [1.165, 1.54) is 11.1 Å². The van der Waals surface area contributed by atoms with E-state index in [-0.39, 0.29) is 12.1 Å². The molecule has 1 unspecified atom stereocenters. The van der Waals surface area contributed by atoms with Crippen LogP contribution in [0.4, 0.5) is 4.79 Å². The van der Waals surface area contributed by atoms with Crippen LogP contribution in [-0.4, -0.2) is 24.3 Å². The molecule has 0 aliphatic rings. The molecule has 0 fully saturated rings. The number of rotatable bonds is 5. The van der Waals surface area contributed by atoms with Crippen LogP contribution in [0.3, 0.4) is 0 Å². The highest BCUT2D eigenvalue weighted by molar-refractivity contribution is 5.68. The van der Waals surface area contributed by atoms with Crippen molar-refractivity contribution in [3.05, 3.63) is 35.4 Å². The van der Waals surface area contributed by atoms with Crippen molar-refractivity contribution in [1.82, 2.24) is 10.6 Å². The Morgan fingerprint density at radius 3 is 2.55 bits per heavy atom. The molecular formula is C16H26N2O2. The summed E-state index contributed by atoms with van der Waals surface area (Å²) in [4.78, 5) is 11.6. The molecule has 0 spiro atoms. The van der Waals surface area contributed by atoms with E-state index in [0.717, 1.165) is 6.54 Å². The fourth-order valence-electron chi connectivity index (χ4n) is 1.79. The van der Waals surface area contributed by atoms with Crippen LogP contribution in [0.5, 0.6) is 0 Å². The Kier molecular flexibility index (Phi) is 6.02. The van der Waals surface area contributed by atoms with Crippen molar-refractivity contribution in [1.29, 1.82) is 0 Å². The van der Waals surface area contributed by atoms with Crippen LogP contribution >= 0.6 is 0 Å². The molecule has 1 amide bonds. The van der Waals surface area contributed by atoms with E-state index in [2.05, 4.69) is 29.7 Å². The molecule has 0 radical (unpaired) electrons. The second-order valence-corrected chi connectivity index (χ2v) is 6.10. The fourth-order valence-corrected chi connectivity index (χ4v) is 1.79. The minimum atomic E-state index is -0.460. The first kappa shape index (κ1) is 16.5. The standard InChI is InChI=1S/C16H26N2O2/c1-12-8-6-7-9-14(12)11-17-10-13(2)18-15(19)20-16(3,4)5/h6-9,13,17H,10-11H2,1-5H3,(H,18,19). The average molecular weight is 278 g/mol. The molecular weight excluding hydrogens is 252 g/mol. The maximum atomic E-state index is 11.6. The third kappa shape index (κ3) is 6.57. The highest BCUT2D eigenvalue weighted by atomic mass is 16.6. The minimum absolute atomic E-state index is 0.0221. The Morgan fingerprint density at radius 2 is 1.95 bits per heavy atom. The number of hydrogen-bond acceptors (Lipinski definition) is 3. The van der Waals surface area contributed by atoms with Gasteiger partial charge in [0.1, 0.15) is 5.60 Å². The molecule has 0 saturated heterocycles. The van der Waals surface area contributed by atoms with Gasteiger partial charge in [-0.25, -0.2) is 4.79 Å². The van der Waals surface area contributed by atoms with Crippen LogP contribution in [0.2, 0.25) is 0 Å². The molecule has 1 rings (SSSR count). The molecule has 1 atom stereocenters. The highest BCUT2D eigenvalue weighted by Crippen LogP contribution is 2.07. The summed E-state index contributed by atoms with van der Waals surface area (Å²) in [6.07, 6.45) is -0.373. The van der Waals surface area contributed by atoms with E-state index in [1.54, 1.807) is 0 Å². The smallest absolute Gasteiger partial charge is 0.407 e. The molecule has 0 aliphatic carbocycles. The van der Waals surface area contributed by atoms with E-state index in [0.29, 0.717) is 6.54 Å².